The monoisotopic (exact) mass is 300 g/mol. The molecule has 100 valence electrons. The number of hydrogen-bond acceptors (Lipinski definition) is 0. The standard InChI is InChI=1S/C15H12Cl2F2/c1-9-5-6-11(16)8-12(9)13(17)7-10-3-2-4-14(18)15(10)19/h2-6,8,13H,7H2,1H3. The van der Waals surface area contributed by atoms with Gasteiger partial charge in [-0.05, 0) is 48.2 Å². The van der Waals surface area contributed by atoms with Gasteiger partial charge in [0.1, 0.15) is 0 Å². The van der Waals surface area contributed by atoms with Crippen molar-refractivity contribution in [3.05, 3.63) is 69.7 Å². The number of alkyl halides is 1. The normalized spacial score (nSPS) is 12.5. The molecule has 0 saturated heterocycles. The van der Waals surface area contributed by atoms with E-state index >= 15 is 0 Å². The smallest absolute Gasteiger partial charge is 0.162 e. The van der Waals surface area contributed by atoms with E-state index in [4.69, 9.17) is 23.2 Å². The summed E-state index contributed by atoms with van der Waals surface area (Å²) in [5.41, 5.74) is 2.07. The third kappa shape index (κ3) is 3.26. The number of halogens is 4. The number of rotatable bonds is 3. The Morgan fingerprint density at radius 1 is 1.16 bits per heavy atom. The third-order valence-corrected chi connectivity index (χ3v) is 3.63. The van der Waals surface area contributed by atoms with Crippen LogP contribution in [0, 0.1) is 18.6 Å². The Morgan fingerprint density at radius 3 is 2.63 bits per heavy atom. The summed E-state index contributed by atoms with van der Waals surface area (Å²) in [6, 6.07) is 9.48. The zero-order chi connectivity index (χ0) is 14.0. The van der Waals surface area contributed by atoms with Crippen molar-refractivity contribution < 1.29 is 8.78 Å². The Labute approximate surface area is 121 Å². The molecule has 0 N–H and O–H groups in total. The van der Waals surface area contributed by atoms with E-state index in [2.05, 4.69) is 0 Å². The molecule has 0 aromatic heterocycles. The van der Waals surface area contributed by atoms with Crippen LogP contribution in [-0.2, 0) is 6.42 Å². The predicted octanol–water partition coefficient (Wildman–Crippen LogP) is 5.45. The van der Waals surface area contributed by atoms with Crippen LogP contribution in [0.15, 0.2) is 36.4 Å². The lowest BCUT2D eigenvalue weighted by Gasteiger charge is -2.14. The van der Waals surface area contributed by atoms with Crippen LogP contribution in [0.3, 0.4) is 0 Å². The topological polar surface area (TPSA) is 0 Å². The van der Waals surface area contributed by atoms with Gasteiger partial charge in [-0.3, -0.25) is 0 Å². The van der Waals surface area contributed by atoms with E-state index in [0.717, 1.165) is 17.2 Å². The Hall–Kier alpha value is -1.12. The second kappa shape index (κ2) is 5.89. The van der Waals surface area contributed by atoms with Gasteiger partial charge in [-0.2, -0.15) is 0 Å². The van der Waals surface area contributed by atoms with Crippen LogP contribution in [0.1, 0.15) is 22.1 Å². The van der Waals surface area contributed by atoms with E-state index in [1.165, 1.54) is 12.1 Å². The van der Waals surface area contributed by atoms with Gasteiger partial charge in [0.2, 0.25) is 0 Å². The minimum atomic E-state index is -0.857. The van der Waals surface area contributed by atoms with Crippen LogP contribution < -0.4 is 0 Å². The number of hydrogen-bond donors (Lipinski definition) is 0. The van der Waals surface area contributed by atoms with Gasteiger partial charge in [-0.15, -0.1) is 11.6 Å². The first-order chi connectivity index (χ1) is 8.99. The fourth-order valence-electron chi connectivity index (χ4n) is 1.96. The summed E-state index contributed by atoms with van der Waals surface area (Å²) in [5, 5.41) is 0.126. The predicted molar refractivity (Wildman–Crippen MR) is 74.8 cm³/mol. The quantitative estimate of drug-likeness (QED) is 0.661. The molecule has 0 amide bonds. The first kappa shape index (κ1) is 14.3. The molecule has 0 aliphatic rings. The molecule has 0 saturated carbocycles. The highest BCUT2D eigenvalue weighted by molar-refractivity contribution is 6.30. The molecule has 0 aliphatic heterocycles. The molecule has 4 heteroatoms. The molecular formula is C15H12Cl2F2. The lowest BCUT2D eigenvalue weighted by molar-refractivity contribution is 0.498. The molecule has 2 rings (SSSR count). The van der Waals surface area contributed by atoms with Crippen molar-refractivity contribution in [1.29, 1.82) is 0 Å². The van der Waals surface area contributed by atoms with E-state index in [9.17, 15) is 8.78 Å². The van der Waals surface area contributed by atoms with Crippen LogP contribution in [-0.4, -0.2) is 0 Å². The molecule has 19 heavy (non-hydrogen) atoms. The second-order valence-corrected chi connectivity index (χ2v) is 5.35. The van der Waals surface area contributed by atoms with Gasteiger partial charge in [0.05, 0.1) is 5.38 Å². The zero-order valence-corrected chi connectivity index (χ0v) is 11.8. The summed E-state index contributed by atoms with van der Waals surface area (Å²) in [6.45, 7) is 1.91. The molecular weight excluding hydrogens is 289 g/mol. The van der Waals surface area contributed by atoms with Gasteiger partial charge < -0.3 is 0 Å². The second-order valence-electron chi connectivity index (χ2n) is 4.39. The first-order valence-corrected chi connectivity index (χ1v) is 6.63. The largest absolute Gasteiger partial charge is 0.204 e. The average molecular weight is 301 g/mol. The maximum Gasteiger partial charge on any atom is 0.162 e. The third-order valence-electron chi connectivity index (χ3n) is 3.01. The Kier molecular flexibility index (Phi) is 4.43. The summed E-state index contributed by atoms with van der Waals surface area (Å²) >= 11 is 12.2. The maximum atomic E-state index is 13.6. The van der Waals surface area contributed by atoms with E-state index in [0.29, 0.717) is 5.02 Å². The molecule has 0 spiro atoms. The SMILES string of the molecule is Cc1ccc(Cl)cc1C(Cl)Cc1cccc(F)c1F. The minimum absolute atomic E-state index is 0.215. The first-order valence-electron chi connectivity index (χ1n) is 5.82. The van der Waals surface area contributed by atoms with Crippen molar-refractivity contribution in [3.8, 4) is 0 Å². The summed E-state index contributed by atoms with van der Waals surface area (Å²) in [7, 11) is 0. The number of benzene rings is 2. The summed E-state index contributed by atoms with van der Waals surface area (Å²) in [4.78, 5) is 0. The summed E-state index contributed by atoms with van der Waals surface area (Å²) in [6.07, 6.45) is 0.215. The van der Waals surface area contributed by atoms with Gasteiger partial charge >= 0.3 is 0 Å². The molecule has 1 unspecified atom stereocenters. The molecule has 0 radical (unpaired) electrons. The van der Waals surface area contributed by atoms with Crippen molar-refractivity contribution in [2.24, 2.45) is 0 Å². The molecule has 0 heterocycles. The Bertz CT molecular complexity index is 597. The summed E-state index contributed by atoms with van der Waals surface area (Å²) < 4.78 is 26.7. The van der Waals surface area contributed by atoms with Crippen LogP contribution in [0.5, 0.6) is 0 Å². The van der Waals surface area contributed by atoms with Crippen molar-refractivity contribution >= 4 is 23.2 Å². The lowest BCUT2D eigenvalue weighted by atomic mass is 10.00. The molecule has 0 aliphatic carbocycles. The Morgan fingerprint density at radius 2 is 1.89 bits per heavy atom. The van der Waals surface area contributed by atoms with Crippen molar-refractivity contribution in [1.82, 2.24) is 0 Å². The maximum absolute atomic E-state index is 13.6. The van der Waals surface area contributed by atoms with Gasteiger partial charge in [-0.25, -0.2) is 8.78 Å². The van der Waals surface area contributed by atoms with Crippen LogP contribution >= 0.6 is 23.2 Å². The molecule has 2 aromatic carbocycles. The Balaban J connectivity index is 2.28. The van der Waals surface area contributed by atoms with E-state index in [1.807, 2.05) is 13.0 Å². The fourth-order valence-corrected chi connectivity index (χ4v) is 2.54. The molecule has 1 atom stereocenters. The van der Waals surface area contributed by atoms with E-state index in [-0.39, 0.29) is 12.0 Å². The highest BCUT2D eigenvalue weighted by atomic mass is 35.5. The van der Waals surface area contributed by atoms with Gasteiger partial charge in [0.25, 0.3) is 0 Å². The molecule has 0 bridgehead atoms. The van der Waals surface area contributed by atoms with Gasteiger partial charge in [0.15, 0.2) is 11.6 Å². The highest BCUT2D eigenvalue weighted by Crippen LogP contribution is 2.30. The fraction of sp³-hybridized carbons (Fsp3) is 0.200. The van der Waals surface area contributed by atoms with E-state index in [1.54, 1.807) is 12.1 Å². The van der Waals surface area contributed by atoms with Crippen molar-refractivity contribution in [3.63, 3.8) is 0 Å². The summed E-state index contributed by atoms with van der Waals surface area (Å²) in [5.74, 6) is -1.70. The van der Waals surface area contributed by atoms with Crippen molar-refractivity contribution in [2.45, 2.75) is 18.7 Å². The van der Waals surface area contributed by atoms with Gasteiger partial charge in [0, 0.05) is 5.02 Å². The van der Waals surface area contributed by atoms with Crippen LogP contribution in [0.25, 0.3) is 0 Å². The van der Waals surface area contributed by atoms with Gasteiger partial charge in [-0.1, -0.05) is 29.8 Å². The van der Waals surface area contributed by atoms with E-state index < -0.39 is 17.0 Å². The molecule has 0 nitrogen and oxygen atoms in total. The molecule has 0 fully saturated rings. The average Bonchev–Trinajstić information content (AvgIpc) is 2.38. The lowest BCUT2D eigenvalue weighted by Crippen LogP contribution is -2.02. The number of aryl methyl sites for hydroxylation is 1. The van der Waals surface area contributed by atoms with Crippen LogP contribution in [0.2, 0.25) is 5.02 Å². The zero-order valence-electron chi connectivity index (χ0n) is 10.3. The molecule has 2 aromatic rings. The highest BCUT2D eigenvalue weighted by Gasteiger charge is 2.16. The minimum Gasteiger partial charge on any atom is -0.204 e. The van der Waals surface area contributed by atoms with Crippen LogP contribution in [0.4, 0.5) is 8.78 Å². The van der Waals surface area contributed by atoms with Crippen molar-refractivity contribution in [2.75, 3.05) is 0 Å².